The van der Waals surface area contributed by atoms with Crippen LogP contribution in [-0.4, -0.2) is 31.8 Å². The Morgan fingerprint density at radius 2 is 1.82 bits per heavy atom. The van der Waals surface area contributed by atoms with Gasteiger partial charge in [-0.1, -0.05) is 30.3 Å². The lowest BCUT2D eigenvalue weighted by molar-refractivity contribution is -0.158. The lowest BCUT2D eigenvalue weighted by Crippen LogP contribution is -2.39. The minimum absolute atomic E-state index is 0.132. The first kappa shape index (κ1) is 25.5. The molecule has 0 amide bonds. The van der Waals surface area contributed by atoms with Gasteiger partial charge < -0.3 is 18.9 Å². The Balaban J connectivity index is 1.71. The summed E-state index contributed by atoms with van der Waals surface area (Å²) in [6, 6.07) is 14.9. The van der Waals surface area contributed by atoms with Crippen molar-refractivity contribution in [1.82, 2.24) is 0 Å². The lowest BCUT2D eigenvalue weighted by atomic mass is 9.71. The molecule has 0 heterocycles. The van der Waals surface area contributed by atoms with Gasteiger partial charge >= 0.3 is 11.9 Å². The van der Waals surface area contributed by atoms with Crippen molar-refractivity contribution in [3.63, 3.8) is 0 Å². The van der Waals surface area contributed by atoms with Crippen molar-refractivity contribution >= 4 is 26.5 Å². The molecule has 0 spiro atoms. The standard InChI is InChI=1S/C26H30NO6P/c1-3-31-25(29)26(13-14-27)11-9-19(10-12-26)33-22-15-20(21(30-2)16-23(22)34)24(28)32-17-18-7-5-4-6-8-18/h4-8,15-16,19H,3,9-13,17,34H2,1-2H3/t19-,26-. The van der Waals surface area contributed by atoms with Crippen molar-refractivity contribution < 1.29 is 28.5 Å². The van der Waals surface area contributed by atoms with E-state index >= 15 is 0 Å². The number of hydrogen-bond acceptors (Lipinski definition) is 7. The van der Waals surface area contributed by atoms with Crippen LogP contribution in [0.15, 0.2) is 42.5 Å². The molecule has 0 aliphatic heterocycles. The topological polar surface area (TPSA) is 94.9 Å². The minimum atomic E-state index is -0.777. The summed E-state index contributed by atoms with van der Waals surface area (Å²) in [6.07, 6.45) is 2.21. The molecule has 0 radical (unpaired) electrons. The van der Waals surface area contributed by atoms with Crippen molar-refractivity contribution in [2.75, 3.05) is 13.7 Å². The zero-order valence-electron chi connectivity index (χ0n) is 19.5. The van der Waals surface area contributed by atoms with E-state index in [4.69, 9.17) is 18.9 Å². The van der Waals surface area contributed by atoms with Crippen LogP contribution in [-0.2, 0) is 20.9 Å². The first-order chi connectivity index (χ1) is 16.4. The van der Waals surface area contributed by atoms with E-state index in [1.54, 1.807) is 19.1 Å². The van der Waals surface area contributed by atoms with Crippen LogP contribution in [0.3, 0.4) is 0 Å². The number of rotatable bonds is 9. The molecule has 8 heteroatoms. The van der Waals surface area contributed by atoms with Crippen LogP contribution in [0.5, 0.6) is 11.5 Å². The molecule has 2 aromatic carbocycles. The summed E-state index contributed by atoms with van der Waals surface area (Å²) in [4.78, 5) is 25.3. The second-order valence-electron chi connectivity index (χ2n) is 8.30. The van der Waals surface area contributed by atoms with E-state index in [0.29, 0.717) is 37.2 Å². The lowest BCUT2D eigenvalue weighted by Gasteiger charge is -2.36. The Bertz CT molecular complexity index is 1040. The first-order valence-corrected chi connectivity index (χ1v) is 11.9. The average Bonchev–Trinajstić information content (AvgIpc) is 2.85. The highest BCUT2D eigenvalue weighted by atomic mass is 31.0. The summed E-state index contributed by atoms with van der Waals surface area (Å²) in [5, 5.41) is 9.99. The summed E-state index contributed by atoms with van der Waals surface area (Å²) in [6.45, 7) is 2.20. The summed E-state index contributed by atoms with van der Waals surface area (Å²) < 4.78 is 22.3. The van der Waals surface area contributed by atoms with Crippen molar-refractivity contribution in [2.45, 2.75) is 51.7 Å². The third-order valence-corrected chi connectivity index (χ3v) is 6.53. The zero-order valence-corrected chi connectivity index (χ0v) is 20.7. The number of hydrogen-bond donors (Lipinski definition) is 0. The SMILES string of the molecule is CCOC(=O)[C@]1(CC#N)CC[C@@H](Oc2cc(C(=O)OCc3ccccc3)c(OC)cc2P)CC1. The van der Waals surface area contributed by atoms with Gasteiger partial charge in [0, 0.05) is 5.30 Å². The smallest absolute Gasteiger partial charge is 0.342 e. The van der Waals surface area contributed by atoms with Gasteiger partial charge in [-0.3, -0.25) is 4.79 Å². The molecule has 2 aromatic rings. The molecule has 0 aromatic heterocycles. The molecule has 0 N–H and O–H groups in total. The molecular weight excluding hydrogens is 453 g/mol. The first-order valence-electron chi connectivity index (χ1n) is 11.3. The minimum Gasteiger partial charge on any atom is -0.496 e. The number of nitriles is 1. The van der Waals surface area contributed by atoms with Crippen molar-refractivity contribution in [3.05, 3.63) is 53.6 Å². The fourth-order valence-corrected chi connectivity index (χ4v) is 4.44. The number of esters is 2. The summed E-state index contributed by atoms with van der Waals surface area (Å²) in [5.74, 6) is 0.116. The second kappa shape index (κ2) is 11.9. The van der Waals surface area contributed by atoms with Crippen LogP contribution in [0.1, 0.15) is 54.9 Å². The third-order valence-electron chi connectivity index (χ3n) is 6.07. The van der Waals surface area contributed by atoms with E-state index in [1.807, 2.05) is 30.3 Å². The monoisotopic (exact) mass is 483 g/mol. The highest BCUT2D eigenvalue weighted by molar-refractivity contribution is 7.27. The van der Waals surface area contributed by atoms with Crippen LogP contribution in [0.4, 0.5) is 0 Å². The van der Waals surface area contributed by atoms with E-state index in [2.05, 4.69) is 15.3 Å². The molecule has 1 unspecified atom stereocenters. The van der Waals surface area contributed by atoms with E-state index in [1.165, 1.54) is 7.11 Å². The van der Waals surface area contributed by atoms with Gasteiger partial charge in [-0.15, -0.1) is 9.24 Å². The molecule has 34 heavy (non-hydrogen) atoms. The number of carbonyl (C=O) groups excluding carboxylic acids is 2. The predicted molar refractivity (Wildman–Crippen MR) is 130 cm³/mol. The fraction of sp³-hybridized carbons (Fsp3) is 0.423. The van der Waals surface area contributed by atoms with Gasteiger partial charge in [0.15, 0.2) is 0 Å². The largest absolute Gasteiger partial charge is 0.496 e. The predicted octanol–water partition coefficient (Wildman–Crippen LogP) is 4.34. The molecule has 0 saturated heterocycles. The molecule has 7 nitrogen and oxygen atoms in total. The van der Waals surface area contributed by atoms with Crippen LogP contribution in [0.2, 0.25) is 0 Å². The van der Waals surface area contributed by atoms with Crippen molar-refractivity contribution in [1.29, 1.82) is 5.26 Å². The van der Waals surface area contributed by atoms with Crippen LogP contribution < -0.4 is 14.8 Å². The molecule has 1 aliphatic carbocycles. The van der Waals surface area contributed by atoms with Gasteiger partial charge in [0.1, 0.15) is 23.7 Å². The van der Waals surface area contributed by atoms with Crippen LogP contribution in [0, 0.1) is 16.7 Å². The maximum atomic E-state index is 12.8. The second-order valence-corrected chi connectivity index (χ2v) is 8.93. The third kappa shape index (κ3) is 6.07. The molecule has 1 atom stereocenters. The number of carbonyl (C=O) groups is 2. The Morgan fingerprint density at radius 1 is 1.12 bits per heavy atom. The summed E-state index contributed by atoms with van der Waals surface area (Å²) >= 11 is 0. The maximum Gasteiger partial charge on any atom is 0.342 e. The molecule has 180 valence electrons. The van der Waals surface area contributed by atoms with Gasteiger partial charge in [0.25, 0.3) is 0 Å². The molecule has 1 saturated carbocycles. The van der Waals surface area contributed by atoms with Crippen molar-refractivity contribution in [3.8, 4) is 17.6 Å². The summed E-state index contributed by atoms with van der Waals surface area (Å²) in [5.41, 5.74) is 0.389. The number of methoxy groups -OCH3 is 1. The molecule has 3 rings (SSSR count). The fourth-order valence-electron chi connectivity index (χ4n) is 4.14. The Morgan fingerprint density at radius 3 is 2.44 bits per heavy atom. The Kier molecular flexibility index (Phi) is 8.90. The van der Waals surface area contributed by atoms with Gasteiger partial charge in [-0.25, -0.2) is 4.79 Å². The Labute approximate surface area is 202 Å². The van der Waals surface area contributed by atoms with Gasteiger partial charge in [-0.05, 0) is 50.3 Å². The maximum absolute atomic E-state index is 12.8. The van der Waals surface area contributed by atoms with Gasteiger partial charge in [0.05, 0.1) is 37.7 Å². The van der Waals surface area contributed by atoms with Crippen LogP contribution >= 0.6 is 9.24 Å². The van der Waals surface area contributed by atoms with Crippen molar-refractivity contribution in [2.24, 2.45) is 5.41 Å². The number of benzene rings is 2. The average molecular weight is 484 g/mol. The molecule has 1 fully saturated rings. The Hall–Kier alpha value is -3.10. The van der Waals surface area contributed by atoms with Gasteiger partial charge in [-0.2, -0.15) is 5.26 Å². The van der Waals surface area contributed by atoms with Gasteiger partial charge in [0.2, 0.25) is 0 Å². The zero-order chi connectivity index (χ0) is 24.6. The molecule has 0 bridgehead atoms. The van der Waals surface area contributed by atoms with E-state index in [9.17, 15) is 14.9 Å². The summed E-state index contributed by atoms with van der Waals surface area (Å²) in [7, 11) is 4.10. The normalized spacial score (nSPS) is 19.5. The number of nitrogens with zero attached hydrogens (tertiary/aromatic N) is 1. The van der Waals surface area contributed by atoms with Crippen LogP contribution in [0.25, 0.3) is 0 Å². The molecular formula is C26H30NO6P. The molecule has 1 aliphatic rings. The van der Waals surface area contributed by atoms with E-state index in [-0.39, 0.29) is 37.3 Å². The quantitative estimate of drug-likeness (QED) is 0.387. The highest BCUT2D eigenvalue weighted by Gasteiger charge is 2.43. The van der Waals surface area contributed by atoms with E-state index < -0.39 is 11.4 Å². The highest BCUT2D eigenvalue weighted by Crippen LogP contribution is 2.41. The number of ether oxygens (including phenoxy) is 4. The van der Waals surface area contributed by atoms with E-state index in [0.717, 1.165) is 10.9 Å².